The zero-order valence-corrected chi connectivity index (χ0v) is 13.6. The van der Waals surface area contributed by atoms with Crippen molar-refractivity contribution in [2.24, 2.45) is 0 Å². The number of ether oxygens (including phenoxy) is 2. The molecule has 1 N–H and O–H groups in total. The van der Waals surface area contributed by atoms with E-state index in [1.165, 1.54) is 11.3 Å². The van der Waals surface area contributed by atoms with Gasteiger partial charge in [0.2, 0.25) is 0 Å². The Morgan fingerprint density at radius 1 is 1.20 bits per heavy atom. The molecule has 0 saturated heterocycles. The molecule has 0 aliphatic carbocycles. The van der Waals surface area contributed by atoms with Crippen LogP contribution in [0.5, 0.6) is 5.75 Å². The van der Waals surface area contributed by atoms with Crippen molar-refractivity contribution in [3.8, 4) is 5.75 Å². The molecule has 1 unspecified atom stereocenters. The first-order chi connectivity index (χ1) is 9.56. The van der Waals surface area contributed by atoms with Crippen LogP contribution in [0.2, 0.25) is 0 Å². The van der Waals surface area contributed by atoms with Gasteiger partial charge in [-0.15, -0.1) is 0 Å². The summed E-state index contributed by atoms with van der Waals surface area (Å²) in [6.45, 7) is 8.12. The summed E-state index contributed by atoms with van der Waals surface area (Å²) in [4.78, 5) is 2.36. The van der Waals surface area contributed by atoms with E-state index in [1.54, 1.807) is 14.2 Å². The van der Waals surface area contributed by atoms with Crippen LogP contribution in [0.4, 0.5) is 5.69 Å². The summed E-state index contributed by atoms with van der Waals surface area (Å²) >= 11 is 0. The third-order valence-corrected chi connectivity index (χ3v) is 3.60. The second kappa shape index (κ2) is 8.12. The van der Waals surface area contributed by atoms with Crippen molar-refractivity contribution < 1.29 is 9.47 Å². The van der Waals surface area contributed by atoms with E-state index in [9.17, 15) is 0 Å². The Morgan fingerprint density at radius 2 is 1.90 bits per heavy atom. The molecular weight excluding hydrogens is 252 g/mol. The average molecular weight is 280 g/mol. The predicted molar refractivity (Wildman–Crippen MR) is 84.8 cm³/mol. The Labute approximate surface area is 123 Å². The Morgan fingerprint density at radius 3 is 2.40 bits per heavy atom. The molecule has 0 aliphatic rings. The summed E-state index contributed by atoms with van der Waals surface area (Å²) in [5.74, 6) is 0.924. The number of anilines is 1. The van der Waals surface area contributed by atoms with Crippen molar-refractivity contribution in [1.29, 1.82) is 0 Å². The van der Waals surface area contributed by atoms with Crippen LogP contribution in [-0.2, 0) is 4.74 Å². The molecule has 1 aromatic rings. The number of hydrogen-bond acceptors (Lipinski definition) is 4. The van der Waals surface area contributed by atoms with Crippen LogP contribution in [0, 0.1) is 0 Å². The summed E-state index contributed by atoms with van der Waals surface area (Å²) in [7, 11) is 5.43. The highest BCUT2D eigenvalue weighted by atomic mass is 16.5. The lowest BCUT2D eigenvalue weighted by molar-refractivity contribution is 0.203. The van der Waals surface area contributed by atoms with Crippen molar-refractivity contribution >= 4 is 5.69 Å². The van der Waals surface area contributed by atoms with Crippen LogP contribution in [0.3, 0.4) is 0 Å². The van der Waals surface area contributed by atoms with Crippen LogP contribution >= 0.6 is 0 Å². The molecule has 0 saturated carbocycles. The Kier molecular flexibility index (Phi) is 6.82. The van der Waals surface area contributed by atoms with E-state index < -0.39 is 0 Å². The van der Waals surface area contributed by atoms with Crippen molar-refractivity contribution in [1.82, 2.24) is 5.32 Å². The molecule has 1 rings (SSSR count). The minimum absolute atomic E-state index is 0.227. The smallest absolute Gasteiger partial charge is 0.125 e. The third kappa shape index (κ3) is 3.87. The fraction of sp³-hybridized carbons (Fsp3) is 0.625. The van der Waals surface area contributed by atoms with Crippen LogP contribution in [0.1, 0.15) is 32.4 Å². The minimum Gasteiger partial charge on any atom is -0.496 e. The predicted octanol–water partition coefficient (Wildman–Crippen LogP) is 2.84. The topological polar surface area (TPSA) is 33.7 Å². The van der Waals surface area contributed by atoms with E-state index in [-0.39, 0.29) is 6.04 Å². The van der Waals surface area contributed by atoms with Gasteiger partial charge in [-0.05, 0) is 40.0 Å². The molecule has 0 heterocycles. The maximum atomic E-state index is 5.55. The molecular formula is C16H28N2O2. The van der Waals surface area contributed by atoms with Crippen LogP contribution in [0.15, 0.2) is 18.2 Å². The fourth-order valence-corrected chi connectivity index (χ4v) is 2.39. The van der Waals surface area contributed by atoms with Gasteiger partial charge >= 0.3 is 0 Å². The normalized spacial score (nSPS) is 12.6. The molecule has 0 aromatic heterocycles. The Hall–Kier alpha value is -1.26. The molecule has 114 valence electrons. The molecule has 0 spiro atoms. The second-order valence-corrected chi connectivity index (χ2v) is 5.18. The minimum atomic E-state index is 0.227. The molecule has 0 amide bonds. The van der Waals surface area contributed by atoms with E-state index in [1.807, 2.05) is 19.2 Å². The first kappa shape index (κ1) is 16.8. The van der Waals surface area contributed by atoms with Crippen LogP contribution < -0.4 is 15.0 Å². The quantitative estimate of drug-likeness (QED) is 0.794. The molecule has 0 aliphatic heterocycles. The zero-order chi connectivity index (χ0) is 15.1. The van der Waals surface area contributed by atoms with Gasteiger partial charge in [-0.25, -0.2) is 0 Å². The molecule has 0 radical (unpaired) electrons. The lowest BCUT2D eigenvalue weighted by atomic mass is 10.0. The average Bonchev–Trinajstić information content (AvgIpc) is 2.46. The third-order valence-electron chi connectivity index (χ3n) is 3.60. The highest BCUT2D eigenvalue weighted by molar-refractivity contribution is 5.61. The summed E-state index contributed by atoms with van der Waals surface area (Å²) < 4.78 is 10.8. The molecule has 4 nitrogen and oxygen atoms in total. The molecule has 1 aromatic carbocycles. The van der Waals surface area contributed by atoms with E-state index in [2.05, 4.69) is 37.1 Å². The molecule has 4 heteroatoms. The largest absolute Gasteiger partial charge is 0.496 e. The number of benzene rings is 1. The zero-order valence-electron chi connectivity index (χ0n) is 13.6. The van der Waals surface area contributed by atoms with Gasteiger partial charge in [0, 0.05) is 37.0 Å². The van der Waals surface area contributed by atoms with Crippen LogP contribution in [0.25, 0.3) is 0 Å². The standard InChI is InChI=1S/C16H28N2O2/c1-12(2)18(10-11-19-5)14-8-7-9-15(20-6)16(14)13(3)17-4/h7-9,12-13,17H,10-11H2,1-6H3. The monoisotopic (exact) mass is 280 g/mol. The molecule has 1 atom stereocenters. The number of hydrogen-bond donors (Lipinski definition) is 1. The summed E-state index contributed by atoms with van der Waals surface area (Å²) in [6.07, 6.45) is 0. The van der Waals surface area contributed by atoms with E-state index >= 15 is 0 Å². The van der Waals surface area contributed by atoms with E-state index in [0.29, 0.717) is 12.6 Å². The molecule has 0 bridgehead atoms. The molecule has 0 fully saturated rings. The highest BCUT2D eigenvalue weighted by Gasteiger charge is 2.20. The number of nitrogens with one attached hydrogen (secondary N) is 1. The van der Waals surface area contributed by atoms with Gasteiger partial charge in [-0.1, -0.05) is 6.07 Å². The molecule has 20 heavy (non-hydrogen) atoms. The van der Waals surface area contributed by atoms with E-state index in [4.69, 9.17) is 9.47 Å². The van der Waals surface area contributed by atoms with Crippen molar-refractivity contribution in [3.63, 3.8) is 0 Å². The van der Waals surface area contributed by atoms with Gasteiger partial charge in [-0.3, -0.25) is 0 Å². The number of nitrogens with zero attached hydrogens (tertiary/aromatic N) is 1. The van der Waals surface area contributed by atoms with E-state index in [0.717, 1.165) is 12.3 Å². The van der Waals surface area contributed by atoms with Gasteiger partial charge in [-0.2, -0.15) is 0 Å². The first-order valence-electron chi connectivity index (χ1n) is 7.16. The summed E-state index contributed by atoms with van der Waals surface area (Å²) in [6, 6.07) is 6.84. The van der Waals surface area contributed by atoms with Gasteiger partial charge in [0.25, 0.3) is 0 Å². The van der Waals surface area contributed by atoms with Gasteiger partial charge in [0.05, 0.1) is 13.7 Å². The highest BCUT2D eigenvalue weighted by Crippen LogP contribution is 2.35. The SMILES string of the molecule is CNC(C)c1c(OC)cccc1N(CCOC)C(C)C. The lowest BCUT2D eigenvalue weighted by Crippen LogP contribution is -2.35. The van der Waals surface area contributed by atoms with Crippen LogP contribution in [-0.4, -0.2) is 40.5 Å². The first-order valence-corrected chi connectivity index (χ1v) is 7.16. The maximum absolute atomic E-state index is 5.55. The lowest BCUT2D eigenvalue weighted by Gasteiger charge is -2.32. The number of rotatable bonds is 8. The van der Waals surface area contributed by atoms with Gasteiger partial charge in [0.1, 0.15) is 5.75 Å². The Balaban J connectivity index is 3.25. The van der Waals surface area contributed by atoms with Crippen molar-refractivity contribution in [2.45, 2.75) is 32.9 Å². The summed E-state index contributed by atoms with van der Waals surface area (Å²) in [5.41, 5.74) is 2.40. The fourth-order valence-electron chi connectivity index (χ4n) is 2.39. The number of methoxy groups -OCH3 is 2. The summed E-state index contributed by atoms with van der Waals surface area (Å²) in [5, 5.41) is 3.31. The second-order valence-electron chi connectivity index (χ2n) is 5.18. The van der Waals surface area contributed by atoms with Crippen molar-refractivity contribution in [3.05, 3.63) is 23.8 Å². The maximum Gasteiger partial charge on any atom is 0.125 e. The Bertz CT molecular complexity index is 407. The van der Waals surface area contributed by atoms with Gasteiger partial charge < -0.3 is 19.7 Å². The van der Waals surface area contributed by atoms with Gasteiger partial charge in [0.15, 0.2) is 0 Å². The van der Waals surface area contributed by atoms with Crippen molar-refractivity contribution in [2.75, 3.05) is 39.3 Å².